The second-order valence-electron chi connectivity index (χ2n) is 6.25. The zero-order valence-electron chi connectivity index (χ0n) is 13.4. The van der Waals surface area contributed by atoms with Gasteiger partial charge in [0.2, 0.25) is 0 Å². The molecule has 0 spiro atoms. The summed E-state index contributed by atoms with van der Waals surface area (Å²) in [5.41, 5.74) is 5.27. The zero-order valence-corrected chi connectivity index (χ0v) is 13.4. The molecule has 0 unspecified atom stereocenters. The molecule has 1 aliphatic rings. The van der Waals surface area contributed by atoms with Crippen LogP contribution in [0.25, 0.3) is 6.08 Å². The van der Waals surface area contributed by atoms with Crippen molar-refractivity contribution >= 4 is 13.2 Å². The van der Waals surface area contributed by atoms with Gasteiger partial charge in [0.15, 0.2) is 0 Å². The van der Waals surface area contributed by atoms with E-state index in [1.54, 1.807) is 12.1 Å². The predicted octanol–water partition coefficient (Wildman–Crippen LogP) is 2.94. The second-order valence-corrected chi connectivity index (χ2v) is 6.25. The quantitative estimate of drug-likeness (QED) is 0.675. The summed E-state index contributed by atoms with van der Waals surface area (Å²) in [7, 11) is -0.983. The largest absolute Gasteiger partial charge is 0.525 e. The molecule has 0 atom stereocenters. The average molecular weight is 301 g/mol. The number of benzene rings is 1. The molecule has 2 N–H and O–H groups in total. The Labute approximate surface area is 131 Å². The molecule has 1 aliphatic heterocycles. The molecular weight excluding hydrogens is 280 g/mol. The Balaban J connectivity index is 2.20. The molecule has 5 heteroatoms. The van der Waals surface area contributed by atoms with Gasteiger partial charge in [0, 0.05) is 5.56 Å². The molecule has 1 saturated heterocycles. The Kier molecular flexibility index (Phi) is 4.76. The first kappa shape index (κ1) is 16.8. The molecule has 1 fully saturated rings. The Morgan fingerprint density at radius 1 is 1.27 bits per heavy atom. The van der Waals surface area contributed by atoms with E-state index < -0.39 is 24.0 Å². The minimum Gasteiger partial charge on any atom is -0.398 e. The topological polar surface area (TPSA) is 44.5 Å². The van der Waals surface area contributed by atoms with Crippen molar-refractivity contribution in [3.8, 4) is 11.8 Å². The fourth-order valence-corrected chi connectivity index (χ4v) is 2.04. The molecule has 22 heavy (non-hydrogen) atoms. The highest BCUT2D eigenvalue weighted by Gasteiger charge is 2.52. The second kappa shape index (κ2) is 6.25. The normalized spacial score (nSPS) is 19.7. The summed E-state index contributed by atoms with van der Waals surface area (Å²) in [6.45, 7) is 7.86. The average Bonchev–Trinajstić information content (AvgIpc) is 2.66. The van der Waals surface area contributed by atoms with Crippen LogP contribution in [0.1, 0.15) is 38.8 Å². The van der Waals surface area contributed by atoms with Gasteiger partial charge in [-0.2, -0.15) is 0 Å². The minimum absolute atomic E-state index is 0.294. The van der Waals surface area contributed by atoms with Crippen molar-refractivity contribution in [3.63, 3.8) is 0 Å². The monoisotopic (exact) mass is 301 g/mol. The standard InChI is InChI=1S/C17H21BFNO2/c1-16(2)17(3,4)22-18(21-16)15(19)12-14-8-5-7-13(11-14)9-6-10-20/h5,7-8,11-12H,10,20H2,1-4H3. The van der Waals surface area contributed by atoms with Gasteiger partial charge in [-0.1, -0.05) is 24.0 Å². The van der Waals surface area contributed by atoms with Crippen LogP contribution in [0.4, 0.5) is 4.39 Å². The van der Waals surface area contributed by atoms with Gasteiger partial charge in [-0.25, -0.2) is 4.39 Å². The number of rotatable bonds is 2. The van der Waals surface area contributed by atoms with Gasteiger partial charge >= 0.3 is 7.12 Å². The molecule has 1 aromatic rings. The lowest BCUT2D eigenvalue weighted by molar-refractivity contribution is 0.00578. The highest BCUT2D eigenvalue weighted by molar-refractivity contribution is 6.54. The molecule has 3 nitrogen and oxygen atoms in total. The van der Waals surface area contributed by atoms with Gasteiger partial charge < -0.3 is 15.0 Å². The van der Waals surface area contributed by atoms with E-state index in [1.165, 1.54) is 6.08 Å². The molecule has 2 rings (SSSR count). The van der Waals surface area contributed by atoms with Crippen molar-refractivity contribution in [1.29, 1.82) is 0 Å². The van der Waals surface area contributed by atoms with E-state index in [2.05, 4.69) is 11.8 Å². The highest BCUT2D eigenvalue weighted by atomic mass is 19.1. The lowest BCUT2D eigenvalue weighted by atomic mass is 9.86. The van der Waals surface area contributed by atoms with E-state index in [0.717, 1.165) is 5.56 Å². The molecule has 116 valence electrons. The van der Waals surface area contributed by atoms with E-state index in [1.807, 2.05) is 39.8 Å². The van der Waals surface area contributed by atoms with Gasteiger partial charge in [-0.05, 0) is 51.5 Å². The Morgan fingerprint density at radius 2 is 1.91 bits per heavy atom. The van der Waals surface area contributed by atoms with Gasteiger partial charge in [0.25, 0.3) is 0 Å². The van der Waals surface area contributed by atoms with E-state index in [0.29, 0.717) is 12.1 Å². The van der Waals surface area contributed by atoms with Crippen LogP contribution >= 0.6 is 0 Å². The third-order valence-corrected chi connectivity index (χ3v) is 4.00. The van der Waals surface area contributed by atoms with Crippen LogP contribution in [0.2, 0.25) is 0 Å². The third kappa shape index (κ3) is 3.59. The van der Waals surface area contributed by atoms with Gasteiger partial charge in [-0.3, -0.25) is 0 Å². The fraction of sp³-hybridized carbons (Fsp3) is 0.412. The SMILES string of the molecule is CC1(C)OB(C(F)=Cc2cccc(C#CCN)c2)OC1(C)C. The molecular formula is C17H21BFNO2. The lowest BCUT2D eigenvalue weighted by Gasteiger charge is -2.32. The Morgan fingerprint density at radius 3 is 2.50 bits per heavy atom. The van der Waals surface area contributed by atoms with Gasteiger partial charge in [-0.15, -0.1) is 0 Å². The van der Waals surface area contributed by atoms with E-state index >= 15 is 0 Å². The van der Waals surface area contributed by atoms with Crippen molar-refractivity contribution in [2.45, 2.75) is 38.9 Å². The smallest absolute Gasteiger partial charge is 0.398 e. The molecule has 0 aromatic heterocycles. The fourth-order valence-electron chi connectivity index (χ4n) is 2.04. The van der Waals surface area contributed by atoms with Crippen molar-refractivity contribution in [1.82, 2.24) is 0 Å². The maximum Gasteiger partial charge on any atom is 0.525 e. The van der Waals surface area contributed by atoms with Crippen molar-refractivity contribution < 1.29 is 13.7 Å². The number of hydrogen-bond donors (Lipinski definition) is 1. The van der Waals surface area contributed by atoms with Crippen LogP contribution in [0.15, 0.2) is 30.0 Å². The van der Waals surface area contributed by atoms with Crippen molar-refractivity contribution in [3.05, 3.63) is 41.1 Å². The number of hydrogen-bond acceptors (Lipinski definition) is 3. The van der Waals surface area contributed by atoms with Crippen LogP contribution in [-0.4, -0.2) is 24.9 Å². The molecule has 0 amide bonds. The summed E-state index contributed by atoms with van der Waals surface area (Å²) in [6.07, 6.45) is 1.41. The van der Waals surface area contributed by atoms with E-state index in [9.17, 15) is 4.39 Å². The first-order valence-electron chi connectivity index (χ1n) is 7.27. The van der Waals surface area contributed by atoms with Crippen LogP contribution in [-0.2, 0) is 9.31 Å². The molecule has 0 aliphatic carbocycles. The summed E-state index contributed by atoms with van der Waals surface area (Å²) in [5.74, 6) is 5.70. The summed E-state index contributed by atoms with van der Waals surface area (Å²) in [4.78, 5) is 0. The van der Waals surface area contributed by atoms with Gasteiger partial charge in [0.05, 0.1) is 17.7 Å². The zero-order chi connectivity index (χ0) is 16.4. The van der Waals surface area contributed by atoms with E-state index in [4.69, 9.17) is 15.0 Å². The molecule has 1 heterocycles. The molecule has 0 radical (unpaired) electrons. The maximum atomic E-state index is 14.4. The molecule has 1 aromatic carbocycles. The van der Waals surface area contributed by atoms with Crippen LogP contribution in [0, 0.1) is 11.8 Å². The van der Waals surface area contributed by atoms with E-state index in [-0.39, 0.29) is 0 Å². The Bertz CT molecular complexity index is 628. The highest BCUT2D eigenvalue weighted by Crippen LogP contribution is 2.39. The summed E-state index contributed by atoms with van der Waals surface area (Å²) in [5, 5.41) is 0. The summed E-state index contributed by atoms with van der Waals surface area (Å²) in [6, 6.07) is 7.28. The van der Waals surface area contributed by atoms with Gasteiger partial charge in [0.1, 0.15) is 5.73 Å². The third-order valence-electron chi connectivity index (χ3n) is 4.00. The predicted molar refractivity (Wildman–Crippen MR) is 87.5 cm³/mol. The van der Waals surface area contributed by atoms with Crippen molar-refractivity contribution in [2.24, 2.45) is 5.73 Å². The molecule has 0 saturated carbocycles. The minimum atomic E-state index is -0.983. The van der Waals surface area contributed by atoms with Crippen molar-refractivity contribution in [2.75, 3.05) is 6.54 Å². The molecule has 0 bridgehead atoms. The first-order chi connectivity index (χ1) is 10.2. The van der Waals surface area contributed by atoms with Crippen LogP contribution in [0.3, 0.4) is 0 Å². The number of halogens is 1. The summed E-state index contributed by atoms with van der Waals surface area (Å²) < 4.78 is 25.8. The van der Waals surface area contributed by atoms with Crippen LogP contribution < -0.4 is 5.73 Å². The van der Waals surface area contributed by atoms with Crippen LogP contribution in [0.5, 0.6) is 0 Å². The Hall–Kier alpha value is -1.61. The summed E-state index contributed by atoms with van der Waals surface area (Å²) >= 11 is 0. The lowest BCUT2D eigenvalue weighted by Crippen LogP contribution is -2.41. The maximum absolute atomic E-state index is 14.4. The number of nitrogens with two attached hydrogens (primary N) is 1. The first-order valence-corrected chi connectivity index (χ1v) is 7.27.